The number of carbonyl (C=O) groups is 1. The van der Waals surface area contributed by atoms with Gasteiger partial charge in [-0.05, 0) is 55.7 Å². The SMILES string of the molecule is CCOC(=O)C(CCc1ccc(C#N)cc1)Cn1cnc2ccc(C#N)cc21. The van der Waals surface area contributed by atoms with Gasteiger partial charge in [0.2, 0.25) is 0 Å². The quantitative estimate of drug-likeness (QED) is 0.591. The number of esters is 1. The first-order chi connectivity index (χ1) is 13.6. The Morgan fingerprint density at radius 3 is 2.54 bits per heavy atom. The second-order valence-electron chi connectivity index (χ2n) is 6.51. The minimum absolute atomic E-state index is 0.241. The normalized spacial score (nSPS) is 11.5. The molecule has 0 amide bonds. The van der Waals surface area contributed by atoms with Crippen LogP contribution in [0.1, 0.15) is 30.0 Å². The number of ether oxygens (including phenoxy) is 1. The van der Waals surface area contributed by atoms with Crippen molar-refractivity contribution >= 4 is 17.0 Å². The molecule has 140 valence electrons. The molecule has 1 aromatic heterocycles. The molecule has 0 bridgehead atoms. The van der Waals surface area contributed by atoms with E-state index in [1.54, 1.807) is 43.6 Å². The average Bonchev–Trinajstić information content (AvgIpc) is 3.13. The lowest BCUT2D eigenvalue weighted by molar-refractivity contribution is -0.148. The number of benzene rings is 2. The molecular weight excluding hydrogens is 352 g/mol. The van der Waals surface area contributed by atoms with Gasteiger partial charge >= 0.3 is 5.97 Å². The summed E-state index contributed by atoms with van der Waals surface area (Å²) in [6.07, 6.45) is 3.01. The predicted octanol–water partition coefficient (Wildman–Crippen LogP) is 3.59. The molecule has 28 heavy (non-hydrogen) atoms. The third kappa shape index (κ3) is 4.36. The summed E-state index contributed by atoms with van der Waals surface area (Å²) in [5, 5.41) is 18.0. The van der Waals surface area contributed by atoms with Crippen molar-refractivity contribution in [2.24, 2.45) is 5.92 Å². The molecule has 0 N–H and O–H groups in total. The zero-order valence-corrected chi connectivity index (χ0v) is 15.6. The molecule has 0 radical (unpaired) electrons. The van der Waals surface area contributed by atoms with Gasteiger partial charge in [0.25, 0.3) is 0 Å². The summed E-state index contributed by atoms with van der Waals surface area (Å²) in [5.74, 6) is -0.576. The molecule has 0 aliphatic carbocycles. The number of aromatic nitrogens is 2. The zero-order chi connectivity index (χ0) is 19.9. The molecule has 3 aromatic rings. The van der Waals surface area contributed by atoms with Crippen molar-refractivity contribution in [3.05, 3.63) is 65.5 Å². The minimum atomic E-state index is -0.335. The lowest BCUT2D eigenvalue weighted by Gasteiger charge is -2.17. The Kier molecular flexibility index (Phi) is 6.04. The van der Waals surface area contributed by atoms with Gasteiger partial charge in [-0.25, -0.2) is 4.98 Å². The fraction of sp³-hybridized carbons (Fsp3) is 0.273. The number of aryl methyl sites for hydroxylation is 1. The van der Waals surface area contributed by atoms with Crippen LogP contribution in [0.3, 0.4) is 0 Å². The summed E-state index contributed by atoms with van der Waals surface area (Å²) in [4.78, 5) is 16.9. The van der Waals surface area contributed by atoms with Crippen LogP contribution in [0, 0.1) is 28.6 Å². The fourth-order valence-corrected chi connectivity index (χ4v) is 3.14. The molecule has 0 spiro atoms. The lowest BCUT2D eigenvalue weighted by atomic mass is 9.98. The lowest BCUT2D eigenvalue weighted by Crippen LogP contribution is -2.23. The van der Waals surface area contributed by atoms with Crippen LogP contribution in [0.5, 0.6) is 0 Å². The highest BCUT2D eigenvalue weighted by Gasteiger charge is 2.21. The highest BCUT2D eigenvalue weighted by atomic mass is 16.5. The summed E-state index contributed by atoms with van der Waals surface area (Å²) in [5.41, 5.74) is 3.85. The Balaban J connectivity index is 1.79. The first kappa shape index (κ1) is 19.1. The van der Waals surface area contributed by atoms with Gasteiger partial charge in [0.15, 0.2) is 0 Å². The van der Waals surface area contributed by atoms with Gasteiger partial charge in [0.05, 0.1) is 53.2 Å². The van der Waals surface area contributed by atoms with Gasteiger partial charge in [-0.3, -0.25) is 4.79 Å². The van der Waals surface area contributed by atoms with E-state index in [1.807, 2.05) is 16.7 Å². The third-order valence-corrected chi connectivity index (χ3v) is 4.65. The Bertz CT molecular complexity index is 1050. The molecule has 1 atom stereocenters. The van der Waals surface area contributed by atoms with Crippen LogP contribution in [0.2, 0.25) is 0 Å². The van der Waals surface area contributed by atoms with Crippen molar-refractivity contribution in [1.29, 1.82) is 10.5 Å². The van der Waals surface area contributed by atoms with E-state index in [9.17, 15) is 4.79 Å². The van der Waals surface area contributed by atoms with E-state index in [-0.39, 0.29) is 11.9 Å². The van der Waals surface area contributed by atoms with E-state index < -0.39 is 0 Å². The van der Waals surface area contributed by atoms with Crippen molar-refractivity contribution in [2.75, 3.05) is 6.61 Å². The number of hydrogen-bond donors (Lipinski definition) is 0. The zero-order valence-electron chi connectivity index (χ0n) is 15.6. The molecular formula is C22H20N4O2. The molecule has 1 heterocycles. The fourth-order valence-electron chi connectivity index (χ4n) is 3.14. The van der Waals surface area contributed by atoms with E-state index in [1.165, 1.54) is 0 Å². The number of rotatable bonds is 7. The van der Waals surface area contributed by atoms with Gasteiger partial charge in [0.1, 0.15) is 0 Å². The summed E-state index contributed by atoms with van der Waals surface area (Å²) < 4.78 is 7.17. The maximum atomic E-state index is 12.5. The van der Waals surface area contributed by atoms with E-state index in [4.69, 9.17) is 15.3 Å². The van der Waals surface area contributed by atoms with Crippen LogP contribution in [0.15, 0.2) is 48.8 Å². The maximum Gasteiger partial charge on any atom is 0.310 e. The molecule has 0 aliphatic rings. The highest BCUT2D eigenvalue weighted by molar-refractivity contribution is 5.77. The average molecular weight is 372 g/mol. The number of nitriles is 2. The van der Waals surface area contributed by atoms with Crippen LogP contribution in [0.25, 0.3) is 11.0 Å². The number of hydrogen-bond acceptors (Lipinski definition) is 5. The van der Waals surface area contributed by atoms with Gasteiger partial charge in [-0.2, -0.15) is 10.5 Å². The second-order valence-corrected chi connectivity index (χ2v) is 6.51. The van der Waals surface area contributed by atoms with Crippen LogP contribution in [-0.2, 0) is 22.5 Å². The van der Waals surface area contributed by atoms with Crippen molar-refractivity contribution < 1.29 is 9.53 Å². The maximum absolute atomic E-state index is 12.5. The van der Waals surface area contributed by atoms with Gasteiger partial charge in [-0.1, -0.05) is 12.1 Å². The van der Waals surface area contributed by atoms with Crippen LogP contribution < -0.4 is 0 Å². The Labute approximate surface area is 163 Å². The summed E-state index contributed by atoms with van der Waals surface area (Å²) in [6.45, 7) is 2.55. The molecule has 0 saturated carbocycles. The summed E-state index contributed by atoms with van der Waals surface area (Å²) in [7, 11) is 0. The van der Waals surface area contributed by atoms with Gasteiger partial charge in [-0.15, -0.1) is 0 Å². The van der Waals surface area contributed by atoms with Crippen molar-refractivity contribution in [2.45, 2.75) is 26.3 Å². The second kappa shape index (κ2) is 8.83. The Hall–Kier alpha value is -3.64. The van der Waals surface area contributed by atoms with Crippen molar-refractivity contribution in [1.82, 2.24) is 9.55 Å². The van der Waals surface area contributed by atoms with Crippen molar-refractivity contribution in [3.8, 4) is 12.1 Å². The number of carbonyl (C=O) groups excluding carboxylic acids is 1. The molecule has 1 unspecified atom stereocenters. The first-order valence-corrected chi connectivity index (χ1v) is 9.15. The highest BCUT2D eigenvalue weighted by Crippen LogP contribution is 2.20. The van der Waals surface area contributed by atoms with Crippen LogP contribution in [-0.4, -0.2) is 22.1 Å². The summed E-state index contributed by atoms with van der Waals surface area (Å²) >= 11 is 0. The number of imidazole rings is 1. The Morgan fingerprint density at radius 2 is 1.86 bits per heavy atom. The molecule has 0 saturated heterocycles. The standard InChI is InChI=1S/C22H20N4O2/c1-2-28-22(27)19(9-7-16-3-5-17(12-23)6-4-16)14-26-15-25-20-10-8-18(13-24)11-21(20)26/h3-6,8,10-11,15,19H,2,7,9,14H2,1H3. The van der Waals surface area contributed by atoms with Gasteiger partial charge < -0.3 is 9.30 Å². The van der Waals surface area contributed by atoms with E-state index in [0.29, 0.717) is 37.1 Å². The minimum Gasteiger partial charge on any atom is -0.466 e. The van der Waals surface area contributed by atoms with Crippen molar-refractivity contribution in [3.63, 3.8) is 0 Å². The smallest absolute Gasteiger partial charge is 0.310 e. The van der Waals surface area contributed by atoms with E-state index >= 15 is 0 Å². The monoisotopic (exact) mass is 372 g/mol. The van der Waals surface area contributed by atoms with Crippen LogP contribution in [0.4, 0.5) is 0 Å². The molecule has 6 nitrogen and oxygen atoms in total. The molecule has 0 aliphatic heterocycles. The number of fused-ring (bicyclic) bond motifs is 1. The first-order valence-electron chi connectivity index (χ1n) is 9.15. The topological polar surface area (TPSA) is 91.7 Å². The molecule has 6 heteroatoms. The molecule has 2 aromatic carbocycles. The number of nitrogens with zero attached hydrogens (tertiary/aromatic N) is 4. The van der Waals surface area contributed by atoms with E-state index in [0.717, 1.165) is 16.6 Å². The molecule has 3 rings (SSSR count). The van der Waals surface area contributed by atoms with Gasteiger partial charge in [0, 0.05) is 6.54 Å². The van der Waals surface area contributed by atoms with E-state index in [2.05, 4.69) is 17.1 Å². The third-order valence-electron chi connectivity index (χ3n) is 4.65. The Morgan fingerprint density at radius 1 is 1.14 bits per heavy atom. The summed E-state index contributed by atoms with van der Waals surface area (Å²) in [6, 6.07) is 16.9. The largest absolute Gasteiger partial charge is 0.466 e. The van der Waals surface area contributed by atoms with Crippen LogP contribution >= 0.6 is 0 Å². The predicted molar refractivity (Wildman–Crippen MR) is 104 cm³/mol. The molecule has 0 fully saturated rings.